The van der Waals surface area contributed by atoms with Crippen LogP contribution in [0.4, 0.5) is 4.39 Å². The zero-order chi connectivity index (χ0) is 6.85. The number of rotatable bonds is 3. The van der Waals surface area contributed by atoms with Gasteiger partial charge in [-0.05, 0) is 25.7 Å². The molecule has 52 valence electrons. The van der Waals surface area contributed by atoms with Gasteiger partial charge in [0.25, 0.3) is 0 Å². The van der Waals surface area contributed by atoms with Gasteiger partial charge in [-0.2, -0.15) is 0 Å². The van der Waals surface area contributed by atoms with Crippen molar-refractivity contribution in [3.05, 3.63) is 0 Å². The number of alkyl halides is 1. The predicted octanol–water partition coefficient (Wildman–Crippen LogP) is 1.57. The number of hydrogen-bond acceptors (Lipinski definition) is 1. The minimum atomic E-state index is -0.949. The normalized spacial score (nSPS) is 25.1. The van der Waals surface area contributed by atoms with Gasteiger partial charge in [0.1, 0.15) is 12.5 Å². The molecule has 9 heavy (non-hydrogen) atoms. The highest BCUT2D eigenvalue weighted by Crippen LogP contribution is 2.38. The summed E-state index contributed by atoms with van der Waals surface area (Å²) in [6.45, 7) is 1.46. The molecular formula is C7H11FO. The minimum Gasteiger partial charge on any atom is -0.303 e. The number of hydrogen-bond donors (Lipinski definition) is 0. The van der Waals surface area contributed by atoms with Crippen molar-refractivity contribution >= 4 is 6.29 Å². The van der Waals surface area contributed by atoms with E-state index in [-0.39, 0.29) is 5.92 Å². The van der Waals surface area contributed by atoms with Gasteiger partial charge in [-0.1, -0.05) is 0 Å². The summed E-state index contributed by atoms with van der Waals surface area (Å²) in [6.07, 6.45) is 1.88. The van der Waals surface area contributed by atoms with Gasteiger partial charge in [0.2, 0.25) is 0 Å². The van der Waals surface area contributed by atoms with Crippen LogP contribution in [0.15, 0.2) is 0 Å². The summed E-state index contributed by atoms with van der Waals surface area (Å²) in [5, 5.41) is 0. The predicted molar refractivity (Wildman–Crippen MR) is 32.8 cm³/mol. The number of aldehydes is 1. The van der Waals surface area contributed by atoms with Crippen LogP contribution in [0.2, 0.25) is 0 Å². The smallest absolute Gasteiger partial charge is 0.126 e. The second-order valence-corrected chi connectivity index (χ2v) is 2.73. The maximum atomic E-state index is 12.4. The SMILES string of the molecule is CC(F)C(C=O)C1CC1. The first-order chi connectivity index (χ1) is 4.25. The summed E-state index contributed by atoms with van der Waals surface area (Å²) in [5.41, 5.74) is 0. The molecule has 1 nitrogen and oxygen atoms in total. The van der Waals surface area contributed by atoms with Crippen LogP contribution >= 0.6 is 0 Å². The van der Waals surface area contributed by atoms with E-state index < -0.39 is 6.17 Å². The van der Waals surface area contributed by atoms with Crippen molar-refractivity contribution < 1.29 is 9.18 Å². The largest absolute Gasteiger partial charge is 0.303 e. The number of halogens is 1. The summed E-state index contributed by atoms with van der Waals surface area (Å²) in [5.74, 6) is 0.0486. The molecule has 1 aliphatic carbocycles. The van der Waals surface area contributed by atoms with Crippen LogP contribution in [0.5, 0.6) is 0 Å². The van der Waals surface area contributed by atoms with Crippen LogP contribution in [0, 0.1) is 11.8 Å². The van der Waals surface area contributed by atoms with E-state index >= 15 is 0 Å². The van der Waals surface area contributed by atoms with Crippen molar-refractivity contribution in [2.45, 2.75) is 25.9 Å². The number of carbonyl (C=O) groups is 1. The minimum absolute atomic E-state index is 0.315. The molecule has 0 aromatic rings. The molecule has 0 aliphatic heterocycles. The van der Waals surface area contributed by atoms with Gasteiger partial charge in [-0.15, -0.1) is 0 Å². The van der Waals surface area contributed by atoms with Crippen molar-refractivity contribution in [3.63, 3.8) is 0 Å². The second-order valence-electron chi connectivity index (χ2n) is 2.73. The maximum absolute atomic E-state index is 12.4. The molecular weight excluding hydrogens is 119 g/mol. The summed E-state index contributed by atoms with van der Waals surface area (Å²) in [7, 11) is 0. The highest BCUT2D eigenvalue weighted by molar-refractivity contribution is 5.55. The van der Waals surface area contributed by atoms with Gasteiger partial charge >= 0.3 is 0 Å². The van der Waals surface area contributed by atoms with Crippen LogP contribution in [-0.2, 0) is 4.79 Å². The molecule has 1 aliphatic rings. The first-order valence-corrected chi connectivity index (χ1v) is 3.35. The molecule has 2 atom stereocenters. The fourth-order valence-electron chi connectivity index (χ4n) is 1.08. The lowest BCUT2D eigenvalue weighted by molar-refractivity contribution is -0.113. The zero-order valence-electron chi connectivity index (χ0n) is 5.51. The van der Waals surface area contributed by atoms with E-state index in [0.29, 0.717) is 5.92 Å². The Morgan fingerprint density at radius 3 is 2.33 bits per heavy atom. The molecule has 0 amide bonds. The summed E-state index contributed by atoms with van der Waals surface area (Å²) in [4.78, 5) is 10.2. The van der Waals surface area contributed by atoms with Crippen LogP contribution in [-0.4, -0.2) is 12.5 Å². The highest BCUT2D eigenvalue weighted by Gasteiger charge is 2.34. The fraction of sp³-hybridized carbons (Fsp3) is 0.857. The van der Waals surface area contributed by atoms with Crippen molar-refractivity contribution in [2.24, 2.45) is 11.8 Å². The Morgan fingerprint density at radius 1 is 1.67 bits per heavy atom. The molecule has 0 aromatic carbocycles. The van der Waals surface area contributed by atoms with Crippen LogP contribution in [0.25, 0.3) is 0 Å². The van der Waals surface area contributed by atoms with E-state index in [1.165, 1.54) is 6.92 Å². The first-order valence-electron chi connectivity index (χ1n) is 3.35. The van der Waals surface area contributed by atoms with Crippen molar-refractivity contribution in [2.75, 3.05) is 0 Å². The molecule has 0 spiro atoms. The van der Waals surface area contributed by atoms with Crippen LogP contribution < -0.4 is 0 Å². The molecule has 0 saturated heterocycles. The van der Waals surface area contributed by atoms with Gasteiger partial charge < -0.3 is 4.79 Å². The molecule has 0 aromatic heterocycles. The zero-order valence-corrected chi connectivity index (χ0v) is 5.51. The lowest BCUT2D eigenvalue weighted by Crippen LogP contribution is -2.15. The van der Waals surface area contributed by atoms with E-state index in [9.17, 15) is 9.18 Å². The topological polar surface area (TPSA) is 17.1 Å². The quantitative estimate of drug-likeness (QED) is 0.530. The lowest BCUT2D eigenvalue weighted by Gasteiger charge is -2.07. The average molecular weight is 130 g/mol. The number of carbonyl (C=O) groups excluding carboxylic acids is 1. The second kappa shape index (κ2) is 2.46. The Bertz CT molecular complexity index is 105. The Labute approximate surface area is 54.3 Å². The van der Waals surface area contributed by atoms with Gasteiger partial charge in [0, 0.05) is 5.92 Å². The summed E-state index contributed by atoms with van der Waals surface area (Å²) in [6, 6.07) is 0. The third-order valence-corrected chi connectivity index (χ3v) is 1.85. The summed E-state index contributed by atoms with van der Waals surface area (Å²) < 4.78 is 12.4. The van der Waals surface area contributed by atoms with Crippen molar-refractivity contribution in [3.8, 4) is 0 Å². The fourth-order valence-corrected chi connectivity index (χ4v) is 1.08. The Kier molecular flexibility index (Phi) is 1.84. The van der Waals surface area contributed by atoms with Gasteiger partial charge in [-0.25, -0.2) is 4.39 Å². The van der Waals surface area contributed by atoms with Crippen LogP contribution in [0.3, 0.4) is 0 Å². The lowest BCUT2D eigenvalue weighted by atomic mass is 10.0. The Morgan fingerprint density at radius 2 is 2.22 bits per heavy atom. The Hall–Kier alpha value is -0.400. The molecule has 1 saturated carbocycles. The van der Waals surface area contributed by atoms with E-state index in [1.807, 2.05) is 0 Å². The molecule has 1 rings (SSSR count). The third kappa shape index (κ3) is 1.50. The molecule has 1 fully saturated rings. The van der Waals surface area contributed by atoms with Gasteiger partial charge in [0.05, 0.1) is 0 Å². The maximum Gasteiger partial charge on any atom is 0.126 e. The highest BCUT2D eigenvalue weighted by atomic mass is 19.1. The standard InChI is InChI=1S/C7H11FO/c1-5(8)7(4-9)6-2-3-6/h4-7H,2-3H2,1H3. The monoisotopic (exact) mass is 130 g/mol. The van der Waals surface area contributed by atoms with E-state index in [1.54, 1.807) is 0 Å². The van der Waals surface area contributed by atoms with E-state index in [0.717, 1.165) is 19.1 Å². The van der Waals surface area contributed by atoms with Crippen LogP contribution in [0.1, 0.15) is 19.8 Å². The molecule has 0 N–H and O–H groups in total. The Balaban J connectivity index is 2.37. The van der Waals surface area contributed by atoms with E-state index in [4.69, 9.17) is 0 Å². The molecule has 0 radical (unpaired) electrons. The average Bonchev–Trinajstić information content (AvgIpc) is 2.50. The van der Waals surface area contributed by atoms with E-state index in [2.05, 4.69) is 0 Å². The van der Waals surface area contributed by atoms with Crippen molar-refractivity contribution in [1.82, 2.24) is 0 Å². The van der Waals surface area contributed by atoms with Gasteiger partial charge in [0.15, 0.2) is 0 Å². The van der Waals surface area contributed by atoms with Crippen molar-refractivity contribution in [1.29, 1.82) is 0 Å². The summed E-state index contributed by atoms with van der Waals surface area (Å²) >= 11 is 0. The molecule has 0 bridgehead atoms. The molecule has 2 heteroatoms. The van der Waals surface area contributed by atoms with Gasteiger partial charge in [-0.3, -0.25) is 0 Å². The molecule has 0 heterocycles. The first kappa shape index (κ1) is 6.72. The molecule has 2 unspecified atom stereocenters. The third-order valence-electron chi connectivity index (χ3n) is 1.85.